The van der Waals surface area contributed by atoms with E-state index in [0.29, 0.717) is 17.9 Å². The highest BCUT2D eigenvalue weighted by Gasteiger charge is 2.22. The highest BCUT2D eigenvalue weighted by molar-refractivity contribution is 7.09. The van der Waals surface area contributed by atoms with Crippen LogP contribution in [-0.4, -0.2) is 48.9 Å². The third-order valence-electron chi connectivity index (χ3n) is 3.86. The Kier molecular flexibility index (Phi) is 4.75. The molecule has 0 aliphatic carbocycles. The van der Waals surface area contributed by atoms with Crippen molar-refractivity contribution in [3.8, 4) is 5.75 Å². The number of para-hydroxylation sites is 1. The Morgan fingerprint density at radius 1 is 1.14 bits per heavy atom. The van der Waals surface area contributed by atoms with Crippen molar-refractivity contribution in [1.82, 2.24) is 9.80 Å². The lowest BCUT2D eigenvalue weighted by Gasteiger charge is -2.32. The minimum atomic E-state index is 0.0647. The lowest BCUT2D eigenvalue weighted by molar-refractivity contribution is 0.0659. The molecule has 3 rings (SSSR count). The molecule has 2 heterocycles. The largest absolute Gasteiger partial charge is 0.487 e. The van der Waals surface area contributed by atoms with Crippen LogP contribution in [0.1, 0.15) is 15.2 Å². The van der Waals surface area contributed by atoms with Crippen LogP contribution in [0, 0.1) is 0 Å². The molecule has 0 radical (unpaired) electrons. The molecule has 4 nitrogen and oxygen atoms in total. The van der Waals surface area contributed by atoms with E-state index in [-0.39, 0.29) is 5.91 Å². The fraction of sp³-hybridized carbons (Fsp3) is 0.353. The highest BCUT2D eigenvalue weighted by Crippen LogP contribution is 2.22. The van der Waals surface area contributed by atoms with Crippen LogP contribution in [0.2, 0.25) is 0 Å². The van der Waals surface area contributed by atoms with Crippen LogP contribution in [0.3, 0.4) is 0 Å². The van der Waals surface area contributed by atoms with Gasteiger partial charge >= 0.3 is 0 Å². The summed E-state index contributed by atoms with van der Waals surface area (Å²) < 4.78 is 5.87. The van der Waals surface area contributed by atoms with Gasteiger partial charge in [0.05, 0.1) is 5.56 Å². The summed E-state index contributed by atoms with van der Waals surface area (Å²) >= 11 is 1.66. The number of amides is 1. The molecule has 1 fully saturated rings. The van der Waals surface area contributed by atoms with Gasteiger partial charge in [-0.1, -0.05) is 18.2 Å². The van der Waals surface area contributed by atoms with E-state index in [1.54, 1.807) is 11.3 Å². The van der Waals surface area contributed by atoms with Crippen LogP contribution in [0.25, 0.3) is 0 Å². The van der Waals surface area contributed by atoms with E-state index in [4.69, 9.17) is 4.74 Å². The highest BCUT2D eigenvalue weighted by atomic mass is 32.1. The van der Waals surface area contributed by atoms with E-state index in [0.717, 1.165) is 31.1 Å². The number of nitrogens with zero attached hydrogens (tertiary/aromatic N) is 2. The van der Waals surface area contributed by atoms with Crippen LogP contribution < -0.4 is 4.74 Å². The standard InChI is InChI=1S/C17H20N2O2S/c1-18-8-10-19(11-9-18)17(20)15-6-2-3-7-16(15)21-13-14-5-4-12-22-14/h2-7,12H,8-11,13H2,1H3. The molecule has 1 saturated heterocycles. The monoisotopic (exact) mass is 316 g/mol. The summed E-state index contributed by atoms with van der Waals surface area (Å²) in [6.07, 6.45) is 0. The number of hydrogen-bond acceptors (Lipinski definition) is 4. The van der Waals surface area contributed by atoms with Crippen LogP contribution in [0.4, 0.5) is 0 Å². The summed E-state index contributed by atoms with van der Waals surface area (Å²) in [7, 11) is 2.08. The maximum atomic E-state index is 12.7. The van der Waals surface area contributed by atoms with Crippen LogP contribution in [0.5, 0.6) is 5.75 Å². The Bertz CT molecular complexity index is 619. The molecule has 1 aliphatic rings. The Balaban J connectivity index is 1.71. The summed E-state index contributed by atoms with van der Waals surface area (Å²) in [6, 6.07) is 11.6. The average molecular weight is 316 g/mol. The number of ether oxygens (including phenoxy) is 1. The zero-order valence-electron chi connectivity index (χ0n) is 12.7. The molecule has 0 N–H and O–H groups in total. The van der Waals surface area contributed by atoms with E-state index in [1.165, 1.54) is 0 Å². The second kappa shape index (κ2) is 6.94. The van der Waals surface area contributed by atoms with Crippen molar-refractivity contribution in [2.24, 2.45) is 0 Å². The molecule has 0 atom stereocenters. The predicted octanol–water partition coefficient (Wildman–Crippen LogP) is 2.71. The summed E-state index contributed by atoms with van der Waals surface area (Å²) in [5.41, 5.74) is 0.656. The molecular formula is C17H20N2O2S. The molecular weight excluding hydrogens is 296 g/mol. The van der Waals surface area contributed by atoms with E-state index in [9.17, 15) is 4.79 Å². The van der Waals surface area contributed by atoms with Gasteiger partial charge in [0.25, 0.3) is 5.91 Å². The zero-order valence-corrected chi connectivity index (χ0v) is 13.5. The van der Waals surface area contributed by atoms with Crippen molar-refractivity contribution < 1.29 is 9.53 Å². The summed E-state index contributed by atoms with van der Waals surface area (Å²) in [5, 5.41) is 2.03. The third kappa shape index (κ3) is 3.48. The van der Waals surface area contributed by atoms with E-state index >= 15 is 0 Å². The quantitative estimate of drug-likeness (QED) is 0.869. The number of hydrogen-bond donors (Lipinski definition) is 0. The van der Waals surface area contributed by atoms with Crippen molar-refractivity contribution in [1.29, 1.82) is 0 Å². The predicted molar refractivity (Wildman–Crippen MR) is 88.5 cm³/mol. The van der Waals surface area contributed by atoms with E-state index in [2.05, 4.69) is 11.9 Å². The van der Waals surface area contributed by atoms with Gasteiger partial charge < -0.3 is 14.5 Å². The first kappa shape index (κ1) is 15.1. The number of benzene rings is 1. The van der Waals surface area contributed by atoms with Gasteiger partial charge in [0.15, 0.2) is 0 Å². The molecule has 0 saturated carbocycles. The SMILES string of the molecule is CN1CCN(C(=O)c2ccccc2OCc2cccs2)CC1. The summed E-state index contributed by atoms with van der Waals surface area (Å²) in [6.45, 7) is 3.89. The molecule has 1 amide bonds. The van der Waals surface area contributed by atoms with Gasteiger partial charge in [0, 0.05) is 31.1 Å². The van der Waals surface area contributed by atoms with Crippen molar-refractivity contribution in [2.45, 2.75) is 6.61 Å². The smallest absolute Gasteiger partial charge is 0.257 e. The maximum Gasteiger partial charge on any atom is 0.257 e. The zero-order chi connectivity index (χ0) is 15.4. The third-order valence-corrected chi connectivity index (χ3v) is 4.71. The van der Waals surface area contributed by atoms with E-state index < -0.39 is 0 Å². The topological polar surface area (TPSA) is 32.8 Å². The van der Waals surface area contributed by atoms with Crippen molar-refractivity contribution in [2.75, 3.05) is 33.2 Å². The summed E-state index contributed by atoms with van der Waals surface area (Å²) in [5.74, 6) is 0.731. The number of rotatable bonds is 4. The van der Waals surface area contributed by atoms with Crippen molar-refractivity contribution in [3.05, 3.63) is 52.2 Å². The summed E-state index contributed by atoms with van der Waals surface area (Å²) in [4.78, 5) is 18.0. The molecule has 2 aromatic rings. The first-order valence-electron chi connectivity index (χ1n) is 7.46. The molecule has 5 heteroatoms. The van der Waals surface area contributed by atoms with Gasteiger partial charge in [-0.25, -0.2) is 0 Å². The second-order valence-corrected chi connectivity index (χ2v) is 6.49. The molecule has 0 spiro atoms. The maximum absolute atomic E-state index is 12.7. The van der Waals surface area contributed by atoms with Gasteiger partial charge in [0.2, 0.25) is 0 Å². The minimum Gasteiger partial charge on any atom is -0.487 e. The normalized spacial score (nSPS) is 15.8. The van der Waals surface area contributed by atoms with E-state index in [1.807, 2.05) is 46.7 Å². The van der Waals surface area contributed by atoms with Crippen LogP contribution >= 0.6 is 11.3 Å². The lowest BCUT2D eigenvalue weighted by Crippen LogP contribution is -2.47. The first-order chi connectivity index (χ1) is 10.7. The Morgan fingerprint density at radius 2 is 1.91 bits per heavy atom. The Morgan fingerprint density at radius 3 is 2.64 bits per heavy atom. The fourth-order valence-corrected chi connectivity index (χ4v) is 3.11. The Labute approximate surface area is 134 Å². The lowest BCUT2D eigenvalue weighted by atomic mass is 10.1. The molecule has 0 unspecified atom stereocenters. The minimum absolute atomic E-state index is 0.0647. The molecule has 1 aromatic carbocycles. The first-order valence-corrected chi connectivity index (χ1v) is 8.34. The fourth-order valence-electron chi connectivity index (χ4n) is 2.49. The van der Waals surface area contributed by atoms with Crippen LogP contribution in [-0.2, 0) is 6.61 Å². The van der Waals surface area contributed by atoms with Gasteiger partial charge in [-0.15, -0.1) is 11.3 Å². The van der Waals surface area contributed by atoms with Crippen LogP contribution in [0.15, 0.2) is 41.8 Å². The number of thiophene rings is 1. The number of piperazine rings is 1. The van der Waals surface area contributed by atoms with Gasteiger partial charge in [-0.05, 0) is 30.6 Å². The van der Waals surface area contributed by atoms with Gasteiger partial charge in [-0.2, -0.15) is 0 Å². The number of carbonyl (C=O) groups excluding carboxylic acids is 1. The molecule has 116 valence electrons. The van der Waals surface area contributed by atoms with Crippen molar-refractivity contribution in [3.63, 3.8) is 0 Å². The molecule has 1 aliphatic heterocycles. The average Bonchev–Trinajstić information content (AvgIpc) is 3.07. The molecule has 22 heavy (non-hydrogen) atoms. The number of likely N-dealkylation sites (N-methyl/N-ethyl adjacent to an activating group) is 1. The van der Waals surface area contributed by atoms with Gasteiger partial charge in [0.1, 0.15) is 12.4 Å². The number of carbonyl (C=O) groups is 1. The second-order valence-electron chi connectivity index (χ2n) is 5.46. The van der Waals surface area contributed by atoms with Crippen molar-refractivity contribution >= 4 is 17.2 Å². The molecule has 0 bridgehead atoms. The van der Waals surface area contributed by atoms with Gasteiger partial charge in [-0.3, -0.25) is 4.79 Å². The Hall–Kier alpha value is -1.85. The molecule has 1 aromatic heterocycles.